The molecule has 140 valence electrons. The summed E-state index contributed by atoms with van der Waals surface area (Å²) in [6.45, 7) is 2.32. The van der Waals surface area contributed by atoms with Crippen molar-refractivity contribution in [2.45, 2.75) is 23.5 Å². The molecule has 1 aliphatic heterocycles. The van der Waals surface area contributed by atoms with Crippen LogP contribution < -0.4 is 15.2 Å². The minimum atomic E-state index is -0.319. The molecule has 27 heavy (non-hydrogen) atoms. The number of ether oxygens (including phenoxy) is 3. The van der Waals surface area contributed by atoms with Crippen molar-refractivity contribution in [3.05, 3.63) is 28.0 Å². The van der Waals surface area contributed by atoms with E-state index in [1.165, 1.54) is 18.7 Å². The van der Waals surface area contributed by atoms with Crippen molar-refractivity contribution in [3.8, 4) is 11.5 Å². The first-order valence-corrected chi connectivity index (χ1v) is 9.93. The minimum absolute atomic E-state index is 0.225. The normalized spacial score (nSPS) is 12.5. The van der Waals surface area contributed by atoms with Crippen LogP contribution in [-0.2, 0) is 16.1 Å². The highest BCUT2D eigenvalue weighted by Crippen LogP contribution is 2.41. The highest BCUT2D eigenvalue weighted by atomic mass is 127. The third-order valence-corrected chi connectivity index (χ3v) is 6.22. The van der Waals surface area contributed by atoms with E-state index in [1.54, 1.807) is 6.20 Å². The summed E-state index contributed by atoms with van der Waals surface area (Å²) in [6, 6.07) is 5.72. The summed E-state index contributed by atoms with van der Waals surface area (Å²) in [5.41, 5.74) is 7.46. The number of aromatic nitrogens is 3. The Morgan fingerprint density at radius 3 is 2.96 bits per heavy atom. The molecule has 0 bridgehead atoms. The number of nitrogens with zero attached hydrogens (tertiary/aromatic N) is 3. The fraction of sp³-hybridized carbons (Fsp3) is 0.235. The van der Waals surface area contributed by atoms with Crippen LogP contribution in [0.1, 0.15) is 6.92 Å². The van der Waals surface area contributed by atoms with Gasteiger partial charge >= 0.3 is 5.97 Å². The van der Waals surface area contributed by atoms with Gasteiger partial charge in [0.15, 0.2) is 22.5 Å². The molecule has 4 rings (SSSR count). The molecular weight excluding hydrogens is 483 g/mol. The molecule has 0 atom stereocenters. The van der Waals surface area contributed by atoms with E-state index in [-0.39, 0.29) is 19.4 Å². The number of fused-ring (bicyclic) bond motifs is 2. The molecule has 1 aromatic carbocycles. The lowest BCUT2D eigenvalue weighted by Crippen LogP contribution is -2.09. The van der Waals surface area contributed by atoms with Gasteiger partial charge in [-0.15, -0.1) is 0 Å². The van der Waals surface area contributed by atoms with Crippen molar-refractivity contribution in [2.75, 3.05) is 19.1 Å². The van der Waals surface area contributed by atoms with Gasteiger partial charge in [0, 0.05) is 21.6 Å². The Bertz CT molecular complexity index is 1040. The molecule has 1 aliphatic rings. The Hall–Kier alpha value is -2.21. The van der Waals surface area contributed by atoms with Crippen LogP contribution in [0.15, 0.2) is 34.4 Å². The summed E-state index contributed by atoms with van der Waals surface area (Å²) in [4.78, 5) is 20.9. The molecule has 3 heterocycles. The highest BCUT2D eigenvalue weighted by molar-refractivity contribution is 14.1. The average Bonchev–Trinajstić information content (AvgIpc) is 3.21. The summed E-state index contributed by atoms with van der Waals surface area (Å²) >= 11 is 3.74. The summed E-state index contributed by atoms with van der Waals surface area (Å²) in [5.74, 6) is 1.49. The lowest BCUT2D eigenvalue weighted by Gasteiger charge is -2.10. The summed E-state index contributed by atoms with van der Waals surface area (Å²) < 4.78 is 19.0. The fourth-order valence-corrected chi connectivity index (χ4v) is 4.43. The second-order valence-corrected chi connectivity index (χ2v) is 7.86. The summed E-state index contributed by atoms with van der Waals surface area (Å²) in [5, 5.41) is 0.730. The molecule has 10 heteroatoms. The van der Waals surface area contributed by atoms with Gasteiger partial charge in [-0.1, -0.05) is 11.8 Å². The number of imidazole rings is 1. The maximum atomic E-state index is 11.1. The first kappa shape index (κ1) is 18.2. The molecule has 8 nitrogen and oxygen atoms in total. The van der Waals surface area contributed by atoms with E-state index >= 15 is 0 Å². The van der Waals surface area contributed by atoms with Gasteiger partial charge in [-0.3, -0.25) is 4.79 Å². The maximum Gasteiger partial charge on any atom is 0.302 e. The van der Waals surface area contributed by atoms with E-state index in [0.717, 1.165) is 24.9 Å². The molecule has 0 radical (unpaired) electrons. The molecule has 2 N–H and O–H groups in total. The number of nitrogens with two attached hydrogens (primary N) is 1. The van der Waals surface area contributed by atoms with Crippen molar-refractivity contribution in [2.24, 2.45) is 0 Å². The lowest BCUT2D eigenvalue weighted by molar-refractivity contribution is -0.141. The topological polar surface area (TPSA) is 101 Å². The Morgan fingerprint density at radius 1 is 1.41 bits per heavy atom. The van der Waals surface area contributed by atoms with Crippen molar-refractivity contribution in [3.63, 3.8) is 0 Å². The van der Waals surface area contributed by atoms with Gasteiger partial charge in [0.1, 0.15) is 12.1 Å². The maximum absolute atomic E-state index is 11.1. The van der Waals surface area contributed by atoms with Crippen LogP contribution in [0.4, 0.5) is 5.82 Å². The van der Waals surface area contributed by atoms with Crippen molar-refractivity contribution >= 4 is 57.2 Å². The molecule has 0 amide bonds. The van der Waals surface area contributed by atoms with E-state index in [0.29, 0.717) is 23.6 Å². The van der Waals surface area contributed by atoms with Crippen LogP contribution in [0, 0.1) is 3.57 Å². The first-order chi connectivity index (χ1) is 13.0. The van der Waals surface area contributed by atoms with Gasteiger partial charge in [0.2, 0.25) is 6.79 Å². The van der Waals surface area contributed by atoms with E-state index < -0.39 is 0 Å². The lowest BCUT2D eigenvalue weighted by atomic mass is 10.3. The second-order valence-electron chi connectivity index (χ2n) is 5.69. The Kier molecular flexibility index (Phi) is 5.00. The number of carbonyl (C=O) groups excluding carboxylic acids is 1. The van der Waals surface area contributed by atoms with Gasteiger partial charge in [-0.25, -0.2) is 9.97 Å². The third kappa shape index (κ3) is 3.63. The van der Waals surface area contributed by atoms with E-state index in [4.69, 9.17) is 19.9 Å². The predicted octanol–water partition coefficient (Wildman–Crippen LogP) is 3.06. The van der Waals surface area contributed by atoms with E-state index in [2.05, 4.69) is 32.6 Å². The number of halogens is 1. The number of carbonyl (C=O) groups is 1. The van der Waals surface area contributed by atoms with Crippen LogP contribution in [0.25, 0.3) is 11.0 Å². The quantitative estimate of drug-likeness (QED) is 0.423. The van der Waals surface area contributed by atoms with Crippen LogP contribution >= 0.6 is 34.4 Å². The number of hydrogen-bond donors (Lipinski definition) is 1. The standard InChI is InChI=1S/C17H15IN4O4S/c1-9(23)24-5-4-22-11-2-3-20-16(19)15(11)21-17(22)27-14-7-13-12(6-10(14)18)25-8-26-13/h2-3,6-7H,4-5,8H2,1H3,(H2,19,20). The summed E-state index contributed by atoms with van der Waals surface area (Å²) in [6.07, 6.45) is 1.64. The Morgan fingerprint density at radius 2 is 2.19 bits per heavy atom. The molecule has 0 fully saturated rings. The van der Waals surface area contributed by atoms with Gasteiger partial charge in [0.05, 0.1) is 12.1 Å². The number of pyridine rings is 1. The zero-order valence-corrected chi connectivity index (χ0v) is 17.2. The van der Waals surface area contributed by atoms with Crippen LogP contribution in [0.3, 0.4) is 0 Å². The van der Waals surface area contributed by atoms with Crippen LogP contribution in [0.2, 0.25) is 0 Å². The minimum Gasteiger partial charge on any atom is -0.464 e. The molecule has 0 saturated carbocycles. The highest BCUT2D eigenvalue weighted by Gasteiger charge is 2.20. The summed E-state index contributed by atoms with van der Waals surface area (Å²) in [7, 11) is 0. The molecule has 0 aliphatic carbocycles. The average molecular weight is 498 g/mol. The number of rotatable bonds is 5. The Labute approximate surface area is 172 Å². The molecular formula is C17H15IN4O4S. The third-order valence-electron chi connectivity index (χ3n) is 3.91. The van der Waals surface area contributed by atoms with Gasteiger partial charge < -0.3 is 24.5 Å². The monoisotopic (exact) mass is 498 g/mol. The van der Waals surface area contributed by atoms with Gasteiger partial charge in [-0.2, -0.15) is 0 Å². The van der Waals surface area contributed by atoms with Gasteiger partial charge in [-0.05, 0) is 40.8 Å². The van der Waals surface area contributed by atoms with E-state index in [1.807, 2.05) is 22.8 Å². The number of hydrogen-bond acceptors (Lipinski definition) is 8. The largest absolute Gasteiger partial charge is 0.464 e. The number of esters is 1. The van der Waals surface area contributed by atoms with Crippen molar-refractivity contribution in [1.82, 2.24) is 14.5 Å². The predicted molar refractivity (Wildman–Crippen MR) is 108 cm³/mol. The molecule has 0 spiro atoms. The number of nitrogen functional groups attached to an aromatic ring is 1. The zero-order valence-electron chi connectivity index (χ0n) is 14.3. The molecule has 3 aromatic rings. The van der Waals surface area contributed by atoms with Gasteiger partial charge in [0.25, 0.3) is 0 Å². The zero-order chi connectivity index (χ0) is 19.0. The molecule has 0 unspecified atom stereocenters. The molecule has 2 aromatic heterocycles. The van der Waals surface area contributed by atoms with Crippen LogP contribution in [-0.4, -0.2) is 33.9 Å². The first-order valence-electron chi connectivity index (χ1n) is 8.04. The second kappa shape index (κ2) is 7.43. The fourth-order valence-electron chi connectivity index (χ4n) is 2.70. The smallest absolute Gasteiger partial charge is 0.302 e. The van der Waals surface area contributed by atoms with Crippen molar-refractivity contribution < 1.29 is 19.0 Å². The number of anilines is 1. The Balaban J connectivity index is 1.72. The van der Waals surface area contributed by atoms with Crippen LogP contribution in [0.5, 0.6) is 11.5 Å². The SMILES string of the molecule is CC(=O)OCCn1c(Sc2cc3c(cc2I)OCO3)nc2c(N)nccc21. The molecule has 0 saturated heterocycles. The van der Waals surface area contributed by atoms with E-state index in [9.17, 15) is 4.79 Å². The van der Waals surface area contributed by atoms with Crippen molar-refractivity contribution in [1.29, 1.82) is 0 Å². The number of benzene rings is 1.